The lowest BCUT2D eigenvalue weighted by atomic mass is 10.3. The standard InChI is InChI=1S/C8H6ClN/c9-6-3-5-8-4-1-2-7-10-8/h1-2,4,7H,6H2. The fourth-order valence-corrected chi connectivity index (χ4v) is 0.627. The minimum Gasteiger partial charge on any atom is -0.248 e. The quantitative estimate of drug-likeness (QED) is 0.406. The van der Waals surface area contributed by atoms with Crippen LogP contribution in [0.2, 0.25) is 0 Å². The second-order valence-electron chi connectivity index (χ2n) is 1.65. The Hall–Kier alpha value is -1.00. The summed E-state index contributed by atoms with van der Waals surface area (Å²) < 4.78 is 0. The Labute approximate surface area is 65.0 Å². The minimum absolute atomic E-state index is 0.358. The Morgan fingerprint density at radius 2 is 2.40 bits per heavy atom. The van der Waals surface area contributed by atoms with Gasteiger partial charge in [-0.2, -0.15) is 0 Å². The van der Waals surface area contributed by atoms with E-state index in [1.54, 1.807) is 6.20 Å². The first-order chi connectivity index (χ1) is 4.93. The SMILES string of the molecule is ClCC#Cc1ccccn1. The summed E-state index contributed by atoms with van der Waals surface area (Å²) in [5, 5.41) is 0. The third-order valence-electron chi connectivity index (χ3n) is 0.948. The first-order valence-electron chi connectivity index (χ1n) is 2.89. The van der Waals surface area contributed by atoms with E-state index in [9.17, 15) is 0 Å². The summed E-state index contributed by atoms with van der Waals surface area (Å²) in [5.74, 6) is 5.88. The fraction of sp³-hybridized carbons (Fsp3) is 0.125. The van der Waals surface area contributed by atoms with Crippen molar-refractivity contribution in [2.75, 3.05) is 5.88 Å². The molecular weight excluding hydrogens is 146 g/mol. The van der Waals surface area contributed by atoms with Crippen molar-refractivity contribution in [2.24, 2.45) is 0 Å². The molecule has 0 bridgehead atoms. The highest BCUT2D eigenvalue weighted by atomic mass is 35.5. The number of pyridine rings is 1. The van der Waals surface area contributed by atoms with Crippen LogP contribution in [0.15, 0.2) is 24.4 Å². The maximum absolute atomic E-state index is 5.35. The number of alkyl halides is 1. The molecule has 1 nitrogen and oxygen atoms in total. The summed E-state index contributed by atoms with van der Waals surface area (Å²) in [5.41, 5.74) is 0.767. The largest absolute Gasteiger partial charge is 0.248 e. The predicted molar refractivity (Wildman–Crippen MR) is 41.8 cm³/mol. The van der Waals surface area contributed by atoms with Crippen molar-refractivity contribution in [2.45, 2.75) is 0 Å². The van der Waals surface area contributed by atoms with Gasteiger partial charge in [-0.05, 0) is 18.1 Å². The van der Waals surface area contributed by atoms with Crippen LogP contribution in [0.25, 0.3) is 0 Å². The van der Waals surface area contributed by atoms with Crippen LogP contribution in [-0.4, -0.2) is 10.9 Å². The molecule has 1 rings (SSSR count). The average molecular weight is 152 g/mol. The molecule has 0 aliphatic heterocycles. The van der Waals surface area contributed by atoms with E-state index in [0.717, 1.165) is 5.69 Å². The van der Waals surface area contributed by atoms with Crippen LogP contribution in [0, 0.1) is 11.8 Å². The first-order valence-corrected chi connectivity index (χ1v) is 3.43. The minimum atomic E-state index is 0.358. The van der Waals surface area contributed by atoms with Crippen molar-refractivity contribution in [1.29, 1.82) is 0 Å². The summed E-state index contributed by atoms with van der Waals surface area (Å²) in [6.07, 6.45) is 1.71. The van der Waals surface area contributed by atoms with Crippen LogP contribution < -0.4 is 0 Å². The van der Waals surface area contributed by atoms with Gasteiger partial charge in [0.05, 0.1) is 5.88 Å². The molecule has 0 N–H and O–H groups in total. The van der Waals surface area contributed by atoms with Gasteiger partial charge >= 0.3 is 0 Å². The summed E-state index contributed by atoms with van der Waals surface area (Å²) in [6, 6.07) is 5.59. The van der Waals surface area contributed by atoms with E-state index in [2.05, 4.69) is 16.8 Å². The van der Waals surface area contributed by atoms with Crippen molar-refractivity contribution in [3.8, 4) is 11.8 Å². The van der Waals surface area contributed by atoms with E-state index >= 15 is 0 Å². The van der Waals surface area contributed by atoms with Crippen LogP contribution in [-0.2, 0) is 0 Å². The molecule has 0 fully saturated rings. The molecule has 0 aliphatic rings. The Morgan fingerprint density at radius 3 is 3.00 bits per heavy atom. The average Bonchev–Trinajstić information content (AvgIpc) is 2.03. The maximum Gasteiger partial charge on any atom is 0.113 e. The Kier molecular flexibility index (Phi) is 2.79. The van der Waals surface area contributed by atoms with Crippen molar-refractivity contribution in [1.82, 2.24) is 4.98 Å². The Bertz CT molecular complexity index is 245. The molecule has 0 aliphatic carbocycles. The van der Waals surface area contributed by atoms with E-state index in [0.29, 0.717) is 5.88 Å². The van der Waals surface area contributed by atoms with Crippen molar-refractivity contribution < 1.29 is 0 Å². The monoisotopic (exact) mass is 151 g/mol. The van der Waals surface area contributed by atoms with Gasteiger partial charge in [0.15, 0.2) is 0 Å². The molecule has 0 aromatic carbocycles. The molecule has 0 saturated carbocycles. The van der Waals surface area contributed by atoms with Crippen LogP contribution in [0.1, 0.15) is 5.69 Å². The lowest BCUT2D eigenvalue weighted by molar-refractivity contribution is 1.29. The predicted octanol–water partition coefficient (Wildman–Crippen LogP) is 1.67. The van der Waals surface area contributed by atoms with E-state index in [-0.39, 0.29) is 0 Å². The van der Waals surface area contributed by atoms with Gasteiger partial charge in [0.2, 0.25) is 0 Å². The molecular formula is C8H6ClN. The number of hydrogen-bond donors (Lipinski definition) is 0. The summed E-state index contributed by atoms with van der Waals surface area (Å²) in [4.78, 5) is 3.98. The normalized spacial score (nSPS) is 8.10. The number of hydrogen-bond acceptors (Lipinski definition) is 1. The molecule has 0 unspecified atom stereocenters. The van der Waals surface area contributed by atoms with Gasteiger partial charge in [-0.3, -0.25) is 0 Å². The Morgan fingerprint density at radius 1 is 1.50 bits per heavy atom. The second-order valence-corrected chi connectivity index (χ2v) is 1.92. The van der Waals surface area contributed by atoms with Gasteiger partial charge in [-0.25, -0.2) is 4.98 Å². The van der Waals surface area contributed by atoms with Gasteiger partial charge in [-0.1, -0.05) is 12.0 Å². The highest BCUT2D eigenvalue weighted by molar-refractivity contribution is 6.19. The van der Waals surface area contributed by atoms with Gasteiger partial charge in [0.1, 0.15) is 5.69 Å². The topological polar surface area (TPSA) is 12.9 Å². The molecule has 1 aromatic rings. The molecule has 0 atom stereocenters. The third-order valence-corrected chi connectivity index (χ3v) is 1.08. The van der Waals surface area contributed by atoms with Crippen LogP contribution in [0.3, 0.4) is 0 Å². The van der Waals surface area contributed by atoms with Gasteiger partial charge in [0.25, 0.3) is 0 Å². The Balaban J connectivity index is 2.76. The third kappa shape index (κ3) is 2.08. The van der Waals surface area contributed by atoms with Gasteiger partial charge in [0, 0.05) is 6.20 Å². The lowest BCUT2D eigenvalue weighted by Crippen LogP contribution is -1.77. The number of halogens is 1. The fourth-order valence-electron chi connectivity index (χ4n) is 0.561. The number of rotatable bonds is 0. The molecule has 50 valence electrons. The molecule has 1 heterocycles. The smallest absolute Gasteiger partial charge is 0.113 e. The summed E-state index contributed by atoms with van der Waals surface area (Å²) in [7, 11) is 0. The van der Waals surface area contributed by atoms with Crippen LogP contribution in [0.4, 0.5) is 0 Å². The maximum atomic E-state index is 5.35. The summed E-state index contributed by atoms with van der Waals surface area (Å²) in [6.45, 7) is 0. The lowest BCUT2D eigenvalue weighted by Gasteiger charge is -1.83. The molecule has 0 amide bonds. The molecule has 0 radical (unpaired) electrons. The highest BCUT2D eigenvalue weighted by Crippen LogP contribution is 1.88. The highest BCUT2D eigenvalue weighted by Gasteiger charge is 1.80. The van der Waals surface area contributed by atoms with E-state index in [4.69, 9.17) is 11.6 Å². The molecule has 0 saturated heterocycles. The van der Waals surface area contributed by atoms with Crippen LogP contribution in [0.5, 0.6) is 0 Å². The first kappa shape index (κ1) is 7.11. The van der Waals surface area contributed by atoms with Crippen molar-refractivity contribution in [3.63, 3.8) is 0 Å². The number of aromatic nitrogens is 1. The van der Waals surface area contributed by atoms with Crippen molar-refractivity contribution in [3.05, 3.63) is 30.1 Å². The van der Waals surface area contributed by atoms with E-state index < -0.39 is 0 Å². The molecule has 10 heavy (non-hydrogen) atoms. The van der Waals surface area contributed by atoms with Gasteiger partial charge < -0.3 is 0 Å². The molecule has 0 spiro atoms. The van der Waals surface area contributed by atoms with E-state index in [1.165, 1.54) is 0 Å². The van der Waals surface area contributed by atoms with E-state index in [1.807, 2.05) is 18.2 Å². The summed E-state index contributed by atoms with van der Waals surface area (Å²) >= 11 is 5.35. The zero-order chi connectivity index (χ0) is 7.23. The van der Waals surface area contributed by atoms with Crippen molar-refractivity contribution >= 4 is 11.6 Å². The van der Waals surface area contributed by atoms with Crippen LogP contribution >= 0.6 is 11.6 Å². The molecule has 2 heteroatoms. The molecule has 1 aromatic heterocycles. The zero-order valence-corrected chi connectivity index (χ0v) is 6.10. The zero-order valence-electron chi connectivity index (χ0n) is 5.34. The second kappa shape index (κ2) is 3.92. The van der Waals surface area contributed by atoms with Gasteiger partial charge in [-0.15, -0.1) is 11.6 Å². The number of nitrogens with zero attached hydrogens (tertiary/aromatic N) is 1.